The summed E-state index contributed by atoms with van der Waals surface area (Å²) in [6.07, 6.45) is 4.09. The van der Waals surface area contributed by atoms with Crippen molar-refractivity contribution in [2.45, 2.75) is 22.8 Å². The zero-order valence-corrected chi connectivity index (χ0v) is 16.1. The zero-order valence-electron chi connectivity index (χ0n) is 14.4. The fraction of sp³-hybridized carbons (Fsp3) is 0.438. The molecule has 1 aliphatic rings. The molecule has 0 spiro atoms. The molecule has 1 N–H and O–H groups in total. The van der Waals surface area contributed by atoms with Crippen molar-refractivity contribution in [1.29, 1.82) is 0 Å². The Balaban J connectivity index is 1.56. The third kappa shape index (κ3) is 4.14. The quantitative estimate of drug-likeness (QED) is 0.776. The first-order valence-electron chi connectivity index (χ1n) is 8.32. The van der Waals surface area contributed by atoms with Gasteiger partial charge in [0.25, 0.3) is 10.0 Å². The Morgan fingerprint density at radius 3 is 2.35 bits per heavy atom. The number of sulfonamides is 2. The summed E-state index contributed by atoms with van der Waals surface area (Å²) in [5.41, 5.74) is 0. The SMILES string of the molecule is Cn1cnc(S(=O)(=O)NCC2CCN(S(=O)(=O)c3ccccc3)CC2)c1. The number of rotatable bonds is 6. The Labute approximate surface area is 154 Å². The Bertz CT molecular complexity index is 947. The van der Waals surface area contributed by atoms with E-state index in [2.05, 4.69) is 9.71 Å². The summed E-state index contributed by atoms with van der Waals surface area (Å²) in [7, 11) is -5.42. The summed E-state index contributed by atoms with van der Waals surface area (Å²) >= 11 is 0. The van der Waals surface area contributed by atoms with Gasteiger partial charge in [0, 0.05) is 32.9 Å². The molecule has 0 aliphatic carbocycles. The smallest absolute Gasteiger partial charge is 0.259 e. The first kappa shape index (κ1) is 19.0. The molecular formula is C16H22N4O4S2. The van der Waals surface area contributed by atoms with Crippen molar-refractivity contribution < 1.29 is 16.8 Å². The highest BCUT2D eigenvalue weighted by molar-refractivity contribution is 7.89. The second-order valence-electron chi connectivity index (χ2n) is 6.39. The summed E-state index contributed by atoms with van der Waals surface area (Å²) in [5, 5.41) is -0.0101. The van der Waals surface area contributed by atoms with E-state index in [9.17, 15) is 16.8 Å². The molecule has 1 fully saturated rings. The zero-order chi connectivity index (χ0) is 18.8. The number of hydrogen-bond acceptors (Lipinski definition) is 5. The number of nitrogens with zero attached hydrogens (tertiary/aromatic N) is 3. The van der Waals surface area contributed by atoms with Gasteiger partial charge in [0.2, 0.25) is 10.0 Å². The van der Waals surface area contributed by atoms with Crippen LogP contribution >= 0.6 is 0 Å². The molecule has 8 nitrogen and oxygen atoms in total. The van der Waals surface area contributed by atoms with Crippen LogP contribution in [-0.4, -0.2) is 50.3 Å². The van der Waals surface area contributed by atoms with E-state index in [-0.39, 0.29) is 22.4 Å². The molecule has 142 valence electrons. The van der Waals surface area contributed by atoms with Gasteiger partial charge in [0.05, 0.1) is 11.2 Å². The highest BCUT2D eigenvalue weighted by atomic mass is 32.2. The van der Waals surface area contributed by atoms with Crippen molar-refractivity contribution in [3.8, 4) is 0 Å². The van der Waals surface area contributed by atoms with Crippen LogP contribution in [0.1, 0.15) is 12.8 Å². The Morgan fingerprint density at radius 2 is 1.77 bits per heavy atom. The fourth-order valence-electron chi connectivity index (χ4n) is 2.92. The van der Waals surface area contributed by atoms with E-state index in [0.29, 0.717) is 25.9 Å². The van der Waals surface area contributed by atoms with Gasteiger partial charge < -0.3 is 4.57 Å². The van der Waals surface area contributed by atoms with Crippen molar-refractivity contribution in [2.24, 2.45) is 13.0 Å². The third-order valence-corrected chi connectivity index (χ3v) is 7.69. The van der Waals surface area contributed by atoms with Crippen LogP contribution in [0.25, 0.3) is 0 Å². The molecule has 0 amide bonds. The minimum absolute atomic E-state index is 0.0101. The van der Waals surface area contributed by atoms with Crippen LogP contribution < -0.4 is 4.72 Å². The number of aryl methyl sites for hydroxylation is 1. The fourth-order valence-corrected chi connectivity index (χ4v) is 5.51. The minimum Gasteiger partial charge on any atom is -0.339 e. The monoisotopic (exact) mass is 398 g/mol. The number of nitrogens with one attached hydrogen (secondary N) is 1. The standard InChI is InChI=1S/C16H22N4O4S2/c1-19-12-16(17-13-19)25(21,22)18-11-14-7-9-20(10-8-14)26(23,24)15-5-3-2-4-6-15/h2-6,12-14,18H,7-11H2,1H3. The summed E-state index contributed by atoms with van der Waals surface area (Å²) in [6.45, 7) is 1.04. The molecule has 1 aromatic carbocycles. The number of imidazole rings is 1. The van der Waals surface area contributed by atoms with E-state index in [1.165, 1.54) is 16.8 Å². The lowest BCUT2D eigenvalue weighted by Crippen LogP contribution is -2.41. The van der Waals surface area contributed by atoms with Crippen molar-refractivity contribution in [2.75, 3.05) is 19.6 Å². The van der Waals surface area contributed by atoms with Gasteiger partial charge >= 0.3 is 0 Å². The summed E-state index contributed by atoms with van der Waals surface area (Å²) in [5.74, 6) is 0.0933. The lowest BCUT2D eigenvalue weighted by atomic mass is 9.99. The Hall–Kier alpha value is -1.75. The first-order chi connectivity index (χ1) is 12.3. The van der Waals surface area contributed by atoms with Gasteiger partial charge in [-0.2, -0.15) is 4.31 Å². The molecule has 26 heavy (non-hydrogen) atoms. The number of aromatic nitrogens is 2. The molecule has 3 rings (SSSR count). The molecule has 0 atom stereocenters. The van der Waals surface area contributed by atoms with Crippen LogP contribution in [0.4, 0.5) is 0 Å². The number of benzene rings is 1. The largest absolute Gasteiger partial charge is 0.339 e. The molecule has 1 aliphatic heterocycles. The van der Waals surface area contributed by atoms with Gasteiger partial charge in [0.1, 0.15) is 0 Å². The number of hydrogen-bond donors (Lipinski definition) is 1. The van der Waals surface area contributed by atoms with Crippen LogP contribution in [0, 0.1) is 5.92 Å². The van der Waals surface area contributed by atoms with Gasteiger partial charge in [-0.25, -0.2) is 26.5 Å². The first-order valence-corrected chi connectivity index (χ1v) is 11.2. The van der Waals surface area contributed by atoms with Crippen molar-refractivity contribution >= 4 is 20.0 Å². The maximum absolute atomic E-state index is 12.6. The highest BCUT2D eigenvalue weighted by Gasteiger charge is 2.30. The van der Waals surface area contributed by atoms with Crippen LogP contribution in [0.5, 0.6) is 0 Å². The van der Waals surface area contributed by atoms with E-state index in [1.807, 2.05) is 0 Å². The van der Waals surface area contributed by atoms with E-state index in [4.69, 9.17) is 0 Å². The molecule has 1 saturated heterocycles. The van der Waals surface area contributed by atoms with Gasteiger partial charge in [-0.05, 0) is 30.9 Å². The third-order valence-electron chi connectivity index (χ3n) is 4.47. The van der Waals surface area contributed by atoms with Gasteiger partial charge in [0.15, 0.2) is 5.03 Å². The lowest BCUT2D eigenvalue weighted by molar-refractivity contribution is 0.274. The predicted molar refractivity (Wildman–Crippen MR) is 96.3 cm³/mol. The van der Waals surface area contributed by atoms with Crippen molar-refractivity contribution in [3.05, 3.63) is 42.9 Å². The molecule has 10 heteroatoms. The lowest BCUT2D eigenvalue weighted by Gasteiger charge is -2.31. The van der Waals surface area contributed by atoms with E-state index < -0.39 is 20.0 Å². The van der Waals surface area contributed by atoms with E-state index in [0.717, 1.165) is 0 Å². The maximum Gasteiger partial charge on any atom is 0.259 e. The van der Waals surface area contributed by atoms with Gasteiger partial charge in [-0.3, -0.25) is 0 Å². The van der Waals surface area contributed by atoms with Gasteiger partial charge in [-0.15, -0.1) is 0 Å². The van der Waals surface area contributed by atoms with Crippen LogP contribution in [0.3, 0.4) is 0 Å². The van der Waals surface area contributed by atoms with Crippen molar-refractivity contribution in [1.82, 2.24) is 18.6 Å². The average molecular weight is 399 g/mol. The molecule has 2 aromatic rings. The van der Waals surface area contributed by atoms with E-state index >= 15 is 0 Å². The molecular weight excluding hydrogens is 376 g/mol. The van der Waals surface area contributed by atoms with Crippen molar-refractivity contribution in [3.63, 3.8) is 0 Å². The maximum atomic E-state index is 12.6. The van der Waals surface area contributed by atoms with E-state index in [1.54, 1.807) is 41.9 Å². The van der Waals surface area contributed by atoms with Gasteiger partial charge in [-0.1, -0.05) is 18.2 Å². The summed E-state index contributed by atoms with van der Waals surface area (Å²) in [6, 6.07) is 8.35. The molecule has 0 bridgehead atoms. The minimum atomic E-state index is -3.64. The Kier molecular flexibility index (Phi) is 5.47. The van der Waals surface area contributed by atoms with Crippen LogP contribution in [-0.2, 0) is 27.1 Å². The van der Waals surface area contributed by atoms with Crippen LogP contribution in [0.15, 0.2) is 52.8 Å². The second-order valence-corrected chi connectivity index (χ2v) is 10.0. The second kappa shape index (κ2) is 7.47. The van der Waals surface area contributed by atoms with Crippen LogP contribution in [0.2, 0.25) is 0 Å². The normalized spacial score (nSPS) is 17.4. The molecule has 1 aromatic heterocycles. The predicted octanol–water partition coefficient (Wildman–Crippen LogP) is 0.799. The average Bonchev–Trinajstić information content (AvgIpc) is 3.09. The summed E-state index contributed by atoms with van der Waals surface area (Å²) in [4.78, 5) is 4.14. The topological polar surface area (TPSA) is 101 Å². The molecule has 0 radical (unpaired) electrons. The highest BCUT2D eigenvalue weighted by Crippen LogP contribution is 2.23. The summed E-state index contributed by atoms with van der Waals surface area (Å²) < 4.78 is 55.2. The molecule has 0 saturated carbocycles. The Morgan fingerprint density at radius 1 is 1.12 bits per heavy atom. The number of piperidine rings is 1. The molecule has 2 heterocycles. The molecule has 0 unspecified atom stereocenters.